The predicted molar refractivity (Wildman–Crippen MR) is 91.4 cm³/mol. The Morgan fingerprint density at radius 1 is 1.20 bits per heavy atom. The third-order valence-corrected chi connectivity index (χ3v) is 4.42. The van der Waals surface area contributed by atoms with E-state index >= 15 is 0 Å². The summed E-state index contributed by atoms with van der Waals surface area (Å²) in [5.41, 5.74) is 0.756. The zero-order valence-corrected chi connectivity index (χ0v) is 13.9. The number of nitrogens with zero attached hydrogens (tertiary/aromatic N) is 1. The SMILES string of the molecule is O=C(NC(CO)c1ccco1)C(c1ccccc1)N1CCCCC1=O. The molecule has 6 nitrogen and oxygen atoms in total. The van der Waals surface area contributed by atoms with Gasteiger partial charge in [-0.2, -0.15) is 0 Å². The van der Waals surface area contributed by atoms with Crippen LogP contribution in [0.5, 0.6) is 0 Å². The van der Waals surface area contributed by atoms with Crippen LogP contribution in [0, 0.1) is 0 Å². The van der Waals surface area contributed by atoms with E-state index in [1.165, 1.54) is 6.26 Å². The Morgan fingerprint density at radius 2 is 2.00 bits per heavy atom. The summed E-state index contributed by atoms with van der Waals surface area (Å²) in [4.78, 5) is 27.0. The Balaban J connectivity index is 1.85. The summed E-state index contributed by atoms with van der Waals surface area (Å²) in [6, 6.07) is 11.3. The Labute approximate surface area is 146 Å². The first-order chi connectivity index (χ1) is 12.2. The van der Waals surface area contributed by atoms with Gasteiger partial charge in [0.05, 0.1) is 12.9 Å². The topological polar surface area (TPSA) is 82.8 Å². The summed E-state index contributed by atoms with van der Waals surface area (Å²) >= 11 is 0. The second-order valence-corrected chi connectivity index (χ2v) is 6.12. The second kappa shape index (κ2) is 7.98. The van der Waals surface area contributed by atoms with Crippen molar-refractivity contribution in [3.63, 3.8) is 0 Å². The molecule has 1 aromatic heterocycles. The minimum Gasteiger partial charge on any atom is -0.467 e. The summed E-state index contributed by atoms with van der Waals surface area (Å²) < 4.78 is 5.28. The fourth-order valence-corrected chi connectivity index (χ4v) is 3.15. The molecule has 2 atom stereocenters. The monoisotopic (exact) mass is 342 g/mol. The highest BCUT2D eigenvalue weighted by Gasteiger charge is 2.34. The van der Waals surface area contributed by atoms with E-state index in [2.05, 4.69) is 5.32 Å². The van der Waals surface area contributed by atoms with E-state index in [1.807, 2.05) is 30.3 Å². The van der Waals surface area contributed by atoms with Crippen LogP contribution in [-0.4, -0.2) is 35.0 Å². The van der Waals surface area contributed by atoms with Crippen molar-refractivity contribution < 1.29 is 19.1 Å². The number of hydrogen-bond acceptors (Lipinski definition) is 4. The lowest BCUT2D eigenvalue weighted by molar-refractivity contribution is -0.143. The molecule has 2 heterocycles. The number of likely N-dealkylation sites (tertiary alicyclic amines) is 1. The lowest BCUT2D eigenvalue weighted by atomic mass is 10.00. The zero-order chi connectivity index (χ0) is 17.6. The molecule has 1 saturated heterocycles. The van der Waals surface area contributed by atoms with E-state index in [0.717, 1.165) is 18.4 Å². The van der Waals surface area contributed by atoms with Crippen LogP contribution in [0.15, 0.2) is 53.1 Å². The van der Waals surface area contributed by atoms with Gasteiger partial charge >= 0.3 is 0 Å². The van der Waals surface area contributed by atoms with Crippen molar-refractivity contribution in [3.8, 4) is 0 Å². The third kappa shape index (κ3) is 3.91. The van der Waals surface area contributed by atoms with Crippen LogP contribution in [0.3, 0.4) is 0 Å². The number of hydrogen-bond donors (Lipinski definition) is 2. The average molecular weight is 342 g/mol. The van der Waals surface area contributed by atoms with Crippen molar-refractivity contribution in [1.29, 1.82) is 0 Å². The smallest absolute Gasteiger partial charge is 0.248 e. The van der Waals surface area contributed by atoms with Gasteiger partial charge in [-0.25, -0.2) is 0 Å². The van der Waals surface area contributed by atoms with Gasteiger partial charge in [0.2, 0.25) is 11.8 Å². The molecule has 25 heavy (non-hydrogen) atoms. The Morgan fingerprint density at radius 3 is 2.64 bits per heavy atom. The largest absolute Gasteiger partial charge is 0.467 e. The van der Waals surface area contributed by atoms with Gasteiger partial charge in [-0.15, -0.1) is 0 Å². The van der Waals surface area contributed by atoms with E-state index in [1.54, 1.807) is 17.0 Å². The van der Waals surface area contributed by atoms with E-state index in [-0.39, 0.29) is 18.4 Å². The van der Waals surface area contributed by atoms with Gasteiger partial charge < -0.3 is 19.7 Å². The maximum atomic E-state index is 13.0. The number of rotatable bonds is 6. The van der Waals surface area contributed by atoms with Crippen molar-refractivity contribution in [3.05, 3.63) is 60.1 Å². The van der Waals surface area contributed by atoms with Crippen LogP contribution in [0.1, 0.15) is 42.7 Å². The van der Waals surface area contributed by atoms with E-state index in [4.69, 9.17) is 4.42 Å². The van der Waals surface area contributed by atoms with Gasteiger partial charge in [0.25, 0.3) is 0 Å². The first kappa shape index (κ1) is 17.2. The Hall–Kier alpha value is -2.60. The molecule has 0 bridgehead atoms. The number of furan rings is 1. The summed E-state index contributed by atoms with van der Waals surface area (Å²) in [6.07, 6.45) is 3.68. The van der Waals surface area contributed by atoms with Crippen LogP contribution in [-0.2, 0) is 9.59 Å². The number of benzene rings is 1. The van der Waals surface area contributed by atoms with Crippen molar-refractivity contribution >= 4 is 11.8 Å². The van der Waals surface area contributed by atoms with Crippen molar-refractivity contribution in [1.82, 2.24) is 10.2 Å². The number of amides is 2. The highest BCUT2D eigenvalue weighted by molar-refractivity contribution is 5.89. The third-order valence-electron chi connectivity index (χ3n) is 4.42. The first-order valence-electron chi connectivity index (χ1n) is 8.49. The maximum Gasteiger partial charge on any atom is 0.248 e. The lowest BCUT2D eigenvalue weighted by Gasteiger charge is -2.34. The van der Waals surface area contributed by atoms with Gasteiger partial charge in [0.15, 0.2) is 0 Å². The molecule has 1 fully saturated rings. The molecule has 1 aliphatic rings. The molecule has 132 valence electrons. The van der Waals surface area contributed by atoms with Gasteiger partial charge in [0.1, 0.15) is 17.8 Å². The Kier molecular flexibility index (Phi) is 5.50. The highest BCUT2D eigenvalue weighted by atomic mass is 16.3. The molecule has 0 aliphatic carbocycles. The summed E-state index contributed by atoms with van der Waals surface area (Å²) in [7, 11) is 0. The minimum atomic E-state index is -0.710. The van der Waals surface area contributed by atoms with Crippen LogP contribution >= 0.6 is 0 Å². The first-order valence-corrected chi connectivity index (χ1v) is 8.49. The number of piperidine rings is 1. The number of carbonyl (C=O) groups excluding carboxylic acids is 2. The summed E-state index contributed by atoms with van der Waals surface area (Å²) in [5.74, 6) is 0.137. The molecule has 1 aromatic carbocycles. The van der Waals surface area contributed by atoms with Crippen LogP contribution in [0.25, 0.3) is 0 Å². The zero-order valence-electron chi connectivity index (χ0n) is 13.9. The molecule has 3 rings (SSSR count). The van der Waals surface area contributed by atoms with Gasteiger partial charge in [-0.1, -0.05) is 30.3 Å². The number of aliphatic hydroxyl groups excluding tert-OH is 1. The molecule has 2 N–H and O–H groups in total. The molecular weight excluding hydrogens is 320 g/mol. The Bertz CT molecular complexity index is 699. The van der Waals surface area contributed by atoms with Crippen LogP contribution < -0.4 is 5.32 Å². The molecule has 0 spiro atoms. The van der Waals surface area contributed by atoms with Crippen molar-refractivity contribution in [2.75, 3.05) is 13.2 Å². The lowest BCUT2D eigenvalue weighted by Crippen LogP contribution is -2.46. The van der Waals surface area contributed by atoms with E-state index in [9.17, 15) is 14.7 Å². The number of carbonyl (C=O) groups is 2. The normalized spacial score (nSPS) is 17.2. The summed E-state index contributed by atoms with van der Waals surface area (Å²) in [6.45, 7) is 0.269. The molecule has 2 aromatic rings. The number of aliphatic hydroxyl groups is 1. The van der Waals surface area contributed by atoms with Crippen molar-refractivity contribution in [2.45, 2.75) is 31.3 Å². The summed E-state index contributed by atoms with van der Waals surface area (Å²) in [5, 5.41) is 12.4. The molecule has 0 saturated carbocycles. The van der Waals surface area contributed by atoms with Crippen molar-refractivity contribution in [2.24, 2.45) is 0 Å². The molecule has 6 heteroatoms. The average Bonchev–Trinajstić information content (AvgIpc) is 3.17. The molecule has 1 aliphatic heterocycles. The maximum absolute atomic E-state index is 13.0. The fraction of sp³-hybridized carbons (Fsp3) is 0.368. The minimum absolute atomic E-state index is 0.0196. The van der Waals surface area contributed by atoms with Gasteiger partial charge in [0, 0.05) is 13.0 Å². The second-order valence-electron chi connectivity index (χ2n) is 6.12. The van der Waals surface area contributed by atoms with Crippen LogP contribution in [0.2, 0.25) is 0 Å². The molecule has 0 radical (unpaired) electrons. The van der Waals surface area contributed by atoms with E-state index in [0.29, 0.717) is 18.7 Å². The molecule has 2 amide bonds. The highest BCUT2D eigenvalue weighted by Crippen LogP contribution is 2.27. The van der Waals surface area contributed by atoms with Gasteiger partial charge in [-0.3, -0.25) is 9.59 Å². The van der Waals surface area contributed by atoms with Gasteiger partial charge in [-0.05, 0) is 30.5 Å². The van der Waals surface area contributed by atoms with Crippen LogP contribution in [0.4, 0.5) is 0 Å². The molecular formula is C19H22N2O4. The standard InChI is InChI=1S/C19H22N2O4/c22-13-15(16-9-6-12-25-16)20-19(24)18(14-7-2-1-3-8-14)21-11-5-4-10-17(21)23/h1-3,6-9,12,15,18,22H,4-5,10-11,13H2,(H,20,24). The van der Waals surface area contributed by atoms with E-state index < -0.39 is 12.1 Å². The quantitative estimate of drug-likeness (QED) is 0.843. The predicted octanol–water partition coefficient (Wildman–Crippen LogP) is 2.18. The fourth-order valence-electron chi connectivity index (χ4n) is 3.15. The number of nitrogens with one attached hydrogen (secondary N) is 1. The molecule has 2 unspecified atom stereocenters.